The van der Waals surface area contributed by atoms with Crippen LogP contribution in [0, 0.1) is 17.0 Å². The third kappa shape index (κ3) is 2.98. The van der Waals surface area contributed by atoms with E-state index < -0.39 is 4.92 Å². The number of nitrogens with zero attached hydrogens (tertiary/aromatic N) is 2. The molecule has 0 radical (unpaired) electrons. The van der Waals surface area contributed by atoms with Gasteiger partial charge in [-0.05, 0) is 31.2 Å². The summed E-state index contributed by atoms with van der Waals surface area (Å²) in [6.07, 6.45) is 1.43. The zero-order valence-electron chi connectivity index (χ0n) is 10.6. The molecule has 6 nitrogen and oxygen atoms in total. The van der Waals surface area contributed by atoms with Crippen molar-refractivity contribution in [3.8, 4) is 11.6 Å². The highest BCUT2D eigenvalue weighted by Gasteiger charge is 2.13. The van der Waals surface area contributed by atoms with E-state index in [-0.39, 0.29) is 11.6 Å². The van der Waals surface area contributed by atoms with Crippen molar-refractivity contribution < 1.29 is 9.66 Å². The molecule has 6 heteroatoms. The van der Waals surface area contributed by atoms with Crippen molar-refractivity contribution in [1.29, 1.82) is 0 Å². The van der Waals surface area contributed by atoms with Crippen molar-refractivity contribution in [3.05, 3.63) is 52.2 Å². The van der Waals surface area contributed by atoms with Crippen LogP contribution in [0.3, 0.4) is 0 Å². The first-order valence-electron chi connectivity index (χ1n) is 5.67. The first-order chi connectivity index (χ1) is 9.10. The van der Waals surface area contributed by atoms with E-state index in [2.05, 4.69) is 10.3 Å². The van der Waals surface area contributed by atoms with Crippen LogP contribution in [0.5, 0.6) is 11.6 Å². The van der Waals surface area contributed by atoms with Crippen LogP contribution in [-0.4, -0.2) is 17.0 Å². The molecule has 0 atom stereocenters. The molecule has 0 spiro atoms. The maximum atomic E-state index is 10.8. The van der Waals surface area contributed by atoms with Crippen LogP contribution in [0.4, 0.5) is 11.4 Å². The van der Waals surface area contributed by atoms with E-state index in [9.17, 15) is 10.1 Å². The van der Waals surface area contributed by atoms with E-state index in [0.717, 1.165) is 5.69 Å². The number of aryl methyl sites for hydroxylation is 1. The number of hydrogen-bond donors (Lipinski definition) is 1. The number of nitrogens with one attached hydrogen (secondary N) is 1. The van der Waals surface area contributed by atoms with Gasteiger partial charge in [-0.2, -0.15) is 0 Å². The molecule has 0 aliphatic rings. The van der Waals surface area contributed by atoms with E-state index >= 15 is 0 Å². The Hall–Kier alpha value is -2.63. The van der Waals surface area contributed by atoms with Gasteiger partial charge in [0.05, 0.1) is 11.0 Å². The van der Waals surface area contributed by atoms with E-state index in [1.807, 2.05) is 19.2 Å². The van der Waals surface area contributed by atoms with Crippen molar-refractivity contribution >= 4 is 11.4 Å². The van der Waals surface area contributed by atoms with Crippen LogP contribution in [0.2, 0.25) is 0 Å². The Morgan fingerprint density at radius 3 is 2.58 bits per heavy atom. The van der Waals surface area contributed by atoms with Gasteiger partial charge in [-0.25, -0.2) is 4.98 Å². The summed E-state index contributed by atoms with van der Waals surface area (Å²) in [7, 11) is 1.82. The number of aromatic nitrogens is 1. The molecule has 0 amide bonds. The van der Waals surface area contributed by atoms with E-state index in [1.165, 1.54) is 12.3 Å². The lowest BCUT2D eigenvalue weighted by Gasteiger charge is -2.06. The summed E-state index contributed by atoms with van der Waals surface area (Å²) >= 11 is 0. The molecule has 0 saturated carbocycles. The largest absolute Gasteiger partial charge is 0.439 e. The van der Waals surface area contributed by atoms with Gasteiger partial charge < -0.3 is 10.1 Å². The van der Waals surface area contributed by atoms with Gasteiger partial charge in [0.2, 0.25) is 5.88 Å². The topological polar surface area (TPSA) is 77.3 Å². The number of nitro groups is 1. The quantitative estimate of drug-likeness (QED) is 0.674. The van der Waals surface area contributed by atoms with Gasteiger partial charge in [-0.1, -0.05) is 0 Å². The fourth-order valence-electron chi connectivity index (χ4n) is 1.56. The number of ether oxygens (including phenoxy) is 1. The average molecular weight is 259 g/mol. The van der Waals surface area contributed by atoms with Crippen LogP contribution in [0.25, 0.3) is 0 Å². The average Bonchev–Trinajstić information content (AvgIpc) is 2.41. The second kappa shape index (κ2) is 5.34. The smallest absolute Gasteiger partial charge is 0.279 e. The molecular formula is C13H13N3O3. The second-order valence-corrected chi connectivity index (χ2v) is 3.94. The minimum Gasteiger partial charge on any atom is -0.439 e. The lowest BCUT2D eigenvalue weighted by molar-refractivity contribution is -0.385. The summed E-state index contributed by atoms with van der Waals surface area (Å²) in [6.45, 7) is 1.64. The molecule has 0 unspecified atom stereocenters. The minimum atomic E-state index is -0.450. The van der Waals surface area contributed by atoms with Crippen LogP contribution >= 0.6 is 0 Å². The highest BCUT2D eigenvalue weighted by molar-refractivity contribution is 5.47. The molecule has 2 aromatic rings. The van der Waals surface area contributed by atoms with Gasteiger partial charge in [-0.3, -0.25) is 10.1 Å². The molecule has 1 aromatic heterocycles. The standard InChI is InChI=1S/C13H13N3O3/c1-9-8-15-13(7-12(9)16(17)18)19-11-5-3-10(14-2)4-6-11/h3-8,14H,1-2H3. The molecule has 98 valence electrons. The number of rotatable bonds is 4. The Labute approximate surface area is 110 Å². The van der Waals surface area contributed by atoms with E-state index in [0.29, 0.717) is 11.3 Å². The molecule has 0 bridgehead atoms. The Kier molecular flexibility index (Phi) is 3.61. The Balaban J connectivity index is 2.22. The van der Waals surface area contributed by atoms with E-state index in [4.69, 9.17) is 4.74 Å². The maximum absolute atomic E-state index is 10.8. The van der Waals surface area contributed by atoms with Gasteiger partial charge in [0, 0.05) is 24.5 Å². The Morgan fingerprint density at radius 2 is 2.00 bits per heavy atom. The molecule has 1 heterocycles. The third-order valence-corrected chi connectivity index (χ3v) is 2.61. The molecule has 0 aliphatic heterocycles. The van der Waals surface area contributed by atoms with Gasteiger partial charge >= 0.3 is 0 Å². The van der Waals surface area contributed by atoms with Crippen molar-refractivity contribution in [2.45, 2.75) is 6.92 Å². The zero-order chi connectivity index (χ0) is 13.8. The second-order valence-electron chi connectivity index (χ2n) is 3.94. The fraction of sp³-hybridized carbons (Fsp3) is 0.154. The highest BCUT2D eigenvalue weighted by atomic mass is 16.6. The SMILES string of the molecule is CNc1ccc(Oc2cc([N+](=O)[O-])c(C)cn2)cc1. The molecule has 1 N–H and O–H groups in total. The predicted molar refractivity (Wildman–Crippen MR) is 71.7 cm³/mol. The summed E-state index contributed by atoms with van der Waals surface area (Å²) in [5.41, 5.74) is 1.45. The number of benzene rings is 1. The van der Waals surface area contributed by atoms with Crippen LogP contribution < -0.4 is 10.1 Å². The van der Waals surface area contributed by atoms with Gasteiger partial charge in [0.15, 0.2) is 0 Å². The fourth-order valence-corrected chi connectivity index (χ4v) is 1.56. The number of hydrogen-bond acceptors (Lipinski definition) is 5. The molecule has 19 heavy (non-hydrogen) atoms. The molecule has 2 rings (SSSR count). The summed E-state index contributed by atoms with van der Waals surface area (Å²) < 4.78 is 5.48. The van der Waals surface area contributed by atoms with E-state index in [1.54, 1.807) is 19.1 Å². The van der Waals surface area contributed by atoms with Crippen molar-refractivity contribution in [1.82, 2.24) is 4.98 Å². The molecule has 0 saturated heterocycles. The van der Waals surface area contributed by atoms with Gasteiger partial charge in [0.1, 0.15) is 5.75 Å². The summed E-state index contributed by atoms with van der Waals surface area (Å²) in [4.78, 5) is 14.4. The lowest BCUT2D eigenvalue weighted by Crippen LogP contribution is -1.95. The highest BCUT2D eigenvalue weighted by Crippen LogP contribution is 2.26. The molecule has 1 aromatic carbocycles. The number of pyridine rings is 1. The van der Waals surface area contributed by atoms with Crippen molar-refractivity contribution in [2.24, 2.45) is 0 Å². The van der Waals surface area contributed by atoms with Crippen molar-refractivity contribution in [3.63, 3.8) is 0 Å². The summed E-state index contributed by atoms with van der Waals surface area (Å²) in [6, 6.07) is 8.54. The molecular weight excluding hydrogens is 246 g/mol. The first kappa shape index (κ1) is 12.8. The summed E-state index contributed by atoms with van der Waals surface area (Å²) in [5.74, 6) is 0.777. The summed E-state index contributed by atoms with van der Waals surface area (Å²) in [5, 5.41) is 13.8. The monoisotopic (exact) mass is 259 g/mol. The zero-order valence-corrected chi connectivity index (χ0v) is 10.6. The lowest BCUT2D eigenvalue weighted by atomic mass is 10.2. The van der Waals surface area contributed by atoms with Gasteiger partial charge in [-0.15, -0.1) is 0 Å². The van der Waals surface area contributed by atoms with Gasteiger partial charge in [0.25, 0.3) is 5.69 Å². The van der Waals surface area contributed by atoms with Crippen LogP contribution in [-0.2, 0) is 0 Å². The van der Waals surface area contributed by atoms with Crippen LogP contribution in [0.15, 0.2) is 36.5 Å². The third-order valence-electron chi connectivity index (χ3n) is 2.61. The van der Waals surface area contributed by atoms with Crippen molar-refractivity contribution in [2.75, 3.05) is 12.4 Å². The number of anilines is 1. The first-order valence-corrected chi connectivity index (χ1v) is 5.67. The van der Waals surface area contributed by atoms with Crippen LogP contribution in [0.1, 0.15) is 5.56 Å². The normalized spacial score (nSPS) is 10.0. The maximum Gasteiger partial charge on any atom is 0.279 e. The predicted octanol–water partition coefficient (Wildman–Crippen LogP) is 3.13. The molecule has 0 aliphatic carbocycles. The Bertz CT molecular complexity index is 597. The molecule has 0 fully saturated rings. The minimum absolute atomic E-state index is 0.00292. The Morgan fingerprint density at radius 1 is 1.32 bits per heavy atom.